The summed E-state index contributed by atoms with van der Waals surface area (Å²) in [6.45, 7) is 6.26. The van der Waals surface area contributed by atoms with Crippen molar-refractivity contribution in [1.82, 2.24) is 14.9 Å². The van der Waals surface area contributed by atoms with Crippen LogP contribution in [0.1, 0.15) is 18.1 Å². The molecule has 3 rings (SSSR count). The van der Waals surface area contributed by atoms with E-state index >= 15 is 0 Å². The summed E-state index contributed by atoms with van der Waals surface area (Å²) in [6.07, 6.45) is 0. The fraction of sp³-hybridized carbons (Fsp3) is 0.318. The van der Waals surface area contributed by atoms with Crippen molar-refractivity contribution in [3.05, 3.63) is 63.9 Å². The van der Waals surface area contributed by atoms with Crippen molar-refractivity contribution in [1.29, 1.82) is 0 Å². The number of nitrogens with zero attached hydrogens (tertiary/aromatic N) is 2. The van der Waals surface area contributed by atoms with Crippen molar-refractivity contribution in [3.8, 4) is 5.69 Å². The maximum absolute atomic E-state index is 13.4. The number of ether oxygens (including phenoxy) is 1. The zero-order valence-corrected chi connectivity index (χ0v) is 17.9. The maximum Gasteiger partial charge on any atom is 0.266 e. The number of nitrogens with one attached hydrogen (secondary N) is 1. The van der Waals surface area contributed by atoms with Gasteiger partial charge in [-0.3, -0.25) is 14.2 Å². The van der Waals surface area contributed by atoms with Gasteiger partial charge in [-0.25, -0.2) is 4.98 Å². The molecule has 0 saturated heterocycles. The molecule has 7 heteroatoms. The van der Waals surface area contributed by atoms with Gasteiger partial charge in [-0.05, 0) is 44.0 Å². The van der Waals surface area contributed by atoms with Crippen LogP contribution in [0.2, 0.25) is 0 Å². The molecule has 3 aromatic rings. The summed E-state index contributed by atoms with van der Waals surface area (Å²) >= 11 is 1.26. The number of rotatable bonds is 7. The number of aromatic nitrogens is 2. The number of hydrogen-bond donors (Lipinski definition) is 1. The Bertz CT molecular complexity index is 1070. The summed E-state index contributed by atoms with van der Waals surface area (Å²) in [5.41, 5.74) is 3.25. The van der Waals surface area contributed by atoms with Gasteiger partial charge in [-0.1, -0.05) is 42.1 Å². The summed E-state index contributed by atoms with van der Waals surface area (Å²) in [5, 5.41) is 3.94. The fourth-order valence-corrected chi connectivity index (χ4v) is 4.11. The van der Waals surface area contributed by atoms with Crippen molar-refractivity contribution in [2.24, 2.45) is 0 Å². The van der Waals surface area contributed by atoms with Crippen molar-refractivity contribution < 1.29 is 9.53 Å². The minimum Gasteiger partial charge on any atom is -0.383 e. The number of para-hydroxylation sites is 2. The molecule has 6 nitrogen and oxygen atoms in total. The monoisotopic (exact) mass is 411 g/mol. The van der Waals surface area contributed by atoms with E-state index in [1.165, 1.54) is 11.8 Å². The maximum atomic E-state index is 13.4. The number of carbonyl (C=O) groups is 1. The van der Waals surface area contributed by atoms with Crippen molar-refractivity contribution >= 4 is 28.6 Å². The second kappa shape index (κ2) is 9.24. The van der Waals surface area contributed by atoms with Gasteiger partial charge < -0.3 is 10.1 Å². The molecule has 0 aliphatic carbocycles. The van der Waals surface area contributed by atoms with Crippen LogP contribution >= 0.6 is 11.8 Å². The zero-order chi connectivity index (χ0) is 21.0. The highest BCUT2D eigenvalue weighted by Crippen LogP contribution is 2.25. The van der Waals surface area contributed by atoms with Gasteiger partial charge in [-0.15, -0.1) is 0 Å². The molecule has 0 aliphatic heterocycles. The average Bonchev–Trinajstić information content (AvgIpc) is 2.68. The normalized spacial score (nSPS) is 12.1. The molecule has 0 saturated carbocycles. The molecular weight excluding hydrogens is 386 g/mol. The van der Waals surface area contributed by atoms with E-state index in [0.29, 0.717) is 22.7 Å². The molecule has 29 heavy (non-hydrogen) atoms. The van der Waals surface area contributed by atoms with E-state index in [2.05, 4.69) is 5.32 Å². The number of fused-ring (bicyclic) bond motifs is 1. The first-order valence-electron chi connectivity index (χ1n) is 9.42. The van der Waals surface area contributed by atoms with Gasteiger partial charge in [0.1, 0.15) is 0 Å². The first-order chi connectivity index (χ1) is 13.9. The van der Waals surface area contributed by atoms with Crippen LogP contribution in [0.15, 0.2) is 52.4 Å². The van der Waals surface area contributed by atoms with Crippen molar-refractivity contribution in [3.63, 3.8) is 0 Å². The summed E-state index contributed by atoms with van der Waals surface area (Å²) < 4.78 is 6.68. The van der Waals surface area contributed by atoms with Gasteiger partial charge >= 0.3 is 0 Å². The molecule has 1 heterocycles. The number of hydrogen-bond acceptors (Lipinski definition) is 5. The highest BCUT2D eigenvalue weighted by atomic mass is 32.2. The van der Waals surface area contributed by atoms with Gasteiger partial charge in [0.05, 0.1) is 29.0 Å². The quantitative estimate of drug-likeness (QED) is 0.477. The third-order valence-electron chi connectivity index (χ3n) is 4.56. The van der Waals surface area contributed by atoms with E-state index in [0.717, 1.165) is 16.8 Å². The smallest absolute Gasteiger partial charge is 0.266 e. The highest BCUT2D eigenvalue weighted by Gasteiger charge is 2.17. The predicted octanol–water partition coefficient (Wildman–Crippen LogP) is 3.25. The largest absolute Gasteiger partial charge is 0.383 e. The molecule has 2 aromatic carbocycles. The van der Waals surface area contributed by atoms with E-state index < -0.39 is 0 Å². The number of thioether (sulfide) groups is 1. The Morgan fingerprint density at radius 1 is 1.17 bits per heavy atom. The molecule has 1 amide bonds. The van der Waals surface area contributed by atoms with Crippen LogP contribution in [-0.2, 0) is 9.53 Å². The summed E-state index contributed by atoms with van der Waals surface area (Å²) in [4.78, 5) is 30.4. The van der Waals surface area contributed by atoms with Crippen LogP contribution in [0, 0.1) is 13.8 Å². The van der Waals surface area contributed by atoms with Crippen LogP contribution in [0.5, 0.6) is 0 Å². The average molecular weight is 412 g/mol. The Balaban J connectivity index is 2.04. The number of amides is 1. The number of benzene rings is 2. The first-order valence-corrected chi connectivity index (χ1v) is 10.4. The molecule has 0 fully saturated rings. The minimum absolute atomic E-state index is 0.0848. The lowest BCUT2D eigenvalue weighted by Gasteiger charge is -2.17. The van der Waals surface area contributed by atoms with Gasteiger partial charge in [0.15, 0.2) is 5.16 Å². The second-order valence-corrected chi connectivity index (χ2v) is 7.95. The lowest BCUT2D eigenvalue weighted by molar-refractivity contribution is -0.119. The van der Waals surface area contributed by atoms with E-state index in [4.69, 9.17) is 9.72 Å². The number of aryl methyl sites for hydroxylation is 2. The van der Waals surface area contributed by atoms with Gasteiger partial charge in [0, 0.05) is 13.2 Å². The lowest BCUT2D eigenvalue weighted by Crippen LogP contribution is -2.36. The Morgan fingerprint density at radius 3 is 2.55 bits per heavy atom. The van der Waals surface area contributed by atoms with Crippen LogP contribution in [0.3, 0.4) is 0 Å². The summed E-state index contributed by atoms with van der Waals surface area (Å²) in [7, 11) is 1.60. The van der Waals surface area contributed by atoms with Crippen LogP contribution < -0.4 is 10.9 Å². The molecule has 1 N–H and O–H groups in total. The second-order valence-electron chi connectivity index (χ2n) is 7.01. The van der Waals surface area contributed by atoms with Gasteiger partial charge in [0.2, 0.25) is 5.91 Å². The minimum atomic E-state index is -0.136. The lowest BCUT2D eigenvalue weighted by atomic mass is 10.1. The summed E-state index contributed by atoms with van der Waals surface area (Å²) in [5.74, 6) is 0.0269. The molecule has 1 atom stereocenters. The van der Waals surface area contributed by atoms with Crippen molar-refractivity contribution in [2.45, 2.75) is 32.0 Å². The van der Waals surface area contributed by atoms with Crippen LogP contribution in [0.25, 0.3) is 16.6 Å². The Hall–Kier alpha value is -2.64. The zero-order valence-electron chi connectivity index (χ0n) is 17.1. The van der Waals surface area contributed by atoms with E-state index in [1.54, 1.807) is 17.7 Å². The van der Waals surface area contributed by atoms with E-state index in [9.17, 15) is 9.59 Å². The summed E-state index contributed by atoms with van der Waals surface area (Å²) in [6, 6.07) is 13.1. The number of carbonyl (C=O) groups excluding carboxylic acids is 1. The SMILES string of the molecule is COC[C@@H](C)NC(=O)CSc1nc2ccccc2c(=O)n1-c1c(C)cccc1C. The van der Waals surface area contributed by atoms with Crippen LogP contribution in [0.4, 0.5) is 0 Å². The molecule has 1 aromatic heterocycles. The Kier molecular flexibility index (Phi) is 6.71. The third kappa shape index (κ3) is 4.68. The molecule has 0 radical (unpaired) electrons. The first kappa shape index (κ1) is 21.1. The standard InChI is InChI=1S/C22H25N3O3S/c1-14-8-7-9-15(2)20(14)25-21(27)17-10-5-6-11-18(17)24-22(25)29-13-19(26)23-16(3)12-28-4/h5-11,16H,12-13H2,1-4H3,(H,23,26)/t16-/m1/s1. The molecule has 0 aliphatic rings. The molecular formula is C22H25N3O3S. The van der Waals surface area contributed by atoms with E-state index in [-0.39, 0.29) is 23.3 Å². The molecule has 0 unspecified atom stereocenters. The Labute approximate surface area is 174 Å². The fourth-order valence-electron chi connectivity index (χ4n) is 3.30. The van der Waals surface area contributed by atoms with Gasteiger partial charge in [0.25, 0.3) is 5.56 Å². The molecule has 0 spiro atoms. The molecule has 152 valence electrons. The predicted molar refractivity (Wildman–Crippen MR) is 117 cm³/mol. The van der Waals surface area contributed by atoms with Gasteiger partial charge in [-0.2, -0.15) is 0 Å². The third-order valence-corrected chi connectivity index (χ3v) is 5.50. The highest BCUT2D eigenvalue weighted by molar-refractivity contribution is 7.99. The van der Waals surface area contributed by atoms with Crippen molar-refractivity contribution in [2.75, 3.05) is 19.5 Å². The Morgan fingerprint density at radius 2 is 1.86 bits per heavy atom. The van der Waals surface area contributed by atoms with E-state index in [1.807, 2.05) is 57.2 Å². The molecule has 0 bridgehead atoms. The number of methoxy groups -OCH3 is 1. The topological polar surface area (TPSA) is 73.2 Å². The van der Waals surface area contributed by atoms with Crippen LogP contribution in [-0.4, -0.2) is 41.0 Å².